The van der Waals surface area contributed by atoms with E-state index in [2.05, 4.69) is 5.32 Å². The van der Waals surface area contributed by atoms with Gasteiger partial charge in [0.25, 0.3) is 10.0 Å². The molecule has 0 saturated carbocycles. The van der Waals surface area contributed by atoms with E-state index in [4.69, 9.17) is 34.8 Å². The van der Waals surface area contributed by atoms with E-state index in [0.717, 1.165) is 4.31 Å². The molecule has 1 N–H and O–H groups in total. The number of hydrogen-bond acceptors (Lipinski definition) is 4. The number of likely N-dealkylation sites (N-methyl/N-ethyl adjacent to an activating group) is 1. The van der Waals surface area contributed by atoms with Crippen LogP contribution < -0.4 is 9.62 Å². The quantitative estimate of drug-likeness (QED) is 0.393. The number of halogens is 3. The Bertz CT molecular complexity index is 1340. The molecule has 0 aliphatic heterocycles. The Kier molecular flexibility index (Phi) is 9.24. The molecule has 190 valence electrons. The Morgan fingerprint density at radius 2 is 1.53 bits per heavy atom. The van der Waals surface area contributed by atoms with Crippen LogP contribution in [0.2, 0.25) is 15.1 Å². The highest BCUT2D eigenvalue weighted by atomic mass is 35.5. The summed E-state index contributed by atoms with van der Waals surface area (Å²) < 4.78 is 28.2. The highest BCUT2D eigenvalue weighted by molar-refractivity contribution is 7.92. The van der Waals surface area contributed by atoms with Crippen LogP contribution in [-0.2, 0) is 26.2 Å². The van der Waals surface area contributed by atoms with Crippen molar-refractivity contribution in [2.45, 2.75) is 24.4 Å². The molecule has 0 aliphatic rings. The highest BCUT2D eigenvalue weighted by Crippen LogP contribution is 2.27. The molecule has 0 saturated heterocycles. The number of amides is 2. The van der Waals surface area contributed by atoms with Crippen LogP contribution >= 0.6 is 34.8 Å². The zero-order chi connectivity index (χ0) is 26.5. The van der Waals surface area contributed by atoms with Crippen LogP contribution in [0.4, 0.5) is 5.69 Å². The van der Waals surface area contributed by atoms with Crippen molar-refractivity contribution in [3.63, 3.8) is 0 Å². The first kappa shape index (κ1) is 27.8. The Morgan fingerprint density at radius 1 is 0.917 bits per heavy atom. The maximum atomic E-state index is 13.7. The van der Waals surface area contributed by atoms with E-state index < -0.39 is 34.4 Å². The van der Waals surface area contributed by atoms with Gasteiger partial charge in [-0.1, -0.05) is 59.1 Å². The van der Waals surface area contributed by atoms with Crippen LogP contribution in [0.15, 0.2) is 77.7 Å². The fourth-order valence-electron chi connectivity index (χ4n) is 3.48. The number of nitrogens with one attached hydrogen (secondary N) is 1. The lowest BCUT2D eigenvalue weighted by atomic mass is 10.1. The number of nitrogens with zero attached hydrogens (tertiary/aromatic N) is 2. The van der Waals surface area contributed by atoms with E-state index in [1.807, 2.05) is 0 Å². The predicted molar refractivity (Wildman–Crippen MR) is 143 cm³/mol. The van der Waals surface area contributed by atoms with E-state index in [1.165, 1.54) is 54.4 Å². The maximum absolute atomic E-state index is 13.7. The van der Waals surface area contributed by atoms with Crippen molar-refractivity contribution in [3.05, 3.63) is 93.4 Å². The molecule has 11 heteroatoms. The van der Waals surface area contributed by atoms with Crippen molar-refractivity contribution in [2.75, 3.05) is 17.9 Å². The Labute approximate surface area is 225 Å². The second kappa shape index (κ2) is 12.0. The van der Waals surface area contributed by atoms with Crippen molar-refractivity contribution in [2.24, 2.45) is 0 Å². The number of sulfonamides is 1. The van der Waals surface area contributed by atoms with Crippen LogP contribution in [0, 0.1) is 0 Å². The van der Waals surface area contributed by atoms with Gasteiger partial charge in [-0.2, -0.15) is 0 Å². The molecule has 3 rings (SSSR count). The maximum Gasteiger partial charge on any atom is 0.264 e. The van der Waals surface area contributed by atoms with Gasteiger partial charge in [0.05, 0.1) is 10.6 Å². The van der Waals surface area contributed by atoms with Gasteiger partial charge in [-0.25, -0.2) is 8.42 Å². The zero-order valence-electron chi connectivity index (χ0n) is 19.5. The van der Waals surface area contributed by atoms with Gasteiger partial charge in [0.15, 0.2) is 0 Å². The first-order valence-electron chi connectivity index (χ1n) is 10.8. The Balaban J connectivity index is 2.03. The SMILES string of the molecule is CNC(=O)[C@@H](C)N(Cc1ccc(Cl)cc1Cl)C(=O)CN(c1ccc(Cl)cc1)S(=O)(=O)c1ccccc1. The van der Waals surface area contributed by atoms with E-state index in [0.29, 0.717) is 20.6 Å². The normalized spacial score (nSPS) is 12.0. The summed E-state index contributed by atoms with van der Waals surface area (Å²) in [4.78, 5) is 27.4. The van der Waals surface area contributed by atoms with E-state index in [9.17, 15) is 18.0 Å². The molecule has 0 spiro atoms. The minimum Gasteiger partial charge on any atom is -0.357 e. The highest BCUT2D eigenvalue weighted by Gasteiger charge is 2.32. The van der Waals surface area contributed by atoms with Gasteiger partial charge in [0.2, 0.25) is 11.8 Å². The number of carbonyl (C=O) groups excluding carboxylic acids is 2. The van der Waals surface area contributed by atoms with E-state index >= 15 is 0 Å². The van der Waals surface area contributed by atoms with E-state index in [-0.39, 0.29) is 17.1 Å². The molecule has 0 heterocycles. The molecule has 3 aromatic rings. The summed E-state index contributed by atoms with van der Waals surface area (Å²) in [5, 5.41) is 3.67. The topological polar surface area (TPSA) is 86.8 Å². The minimum atomic E-state index is -4.14. The molecule has 0 unspecified atom stereocenters. The van der Waals surface area contributed by atoms with Crippen molar-refractivity contribution >= 4 is 62.3 Å². The average molecular weight is 569 g/mol. The smallest absolute Gasteiger partial charge is 0.264 e. The minimum absolute atomic E-state index is 0.0133. The largest absolute Gasteiger partial charge is 0.357 e. The fourth-order valence-corrected chi connectivity index (χ4v) is 5.51. The molecule has 0 aliphatic carbocycles. The number of benzene rings is 3. The molecule has 36 heavy (non-hydrogen) atoms. The van der Waals surface area contributed by atoms with Crippen LogP contribution in [-0.4, -0.2) is 44.8 Å². The second-order valence-corrected chi connectivity index (χ2v) is 11.0. The average Bonchev–Trinajstić information content (AvgIpc) is 2.87. The molecule has 7 nitrogen and oxygen atoms in total. The summed E-state index contributed by atoms with van der Waals surface area (Å²) >= 11 is 18.3. The molecule has 0 radical (unpaired) electrons. The fraction of sp³-hybridized carbons (Fsp3) is 0.200. The standard InChI is InChI=1S/C25H24Cl3N3O4S/c1-17(25(33)29-2)30(15-18-8-9-20(27)14-23(18)28)24(32)16-31(21-12-10-19(26)11-13-21)36(34,35)22-6-4-3-5-7-22/h3-14,17H,15-16H2,1-2H3,(H,29,33)/t17-/m1/s1. The van der Waals surface area contributed by atoms with Gasteiger partial charge in [0.1, 0.15) is 12.6 Å². The van der Waals surface area contributed by atoms with Crippen molar-refractivity contribution in [1.82, 2.24) is 10.2 Å². The first-order chi connectivity index (χ1) is 17.0. The Hall–Kier alpha value is -2.78. The van der Waals surface area contributed by atoms with Gasteiger partial charge >= 0.3 is 0 Å². The van der Waals surface area contributed by atoms with Crippen molar-refractivity contribution in [1.29, 1.82) is 0 Å². The summed E-state index contributed by atoms with van der Waals surface area (Å²) in [5.74, 6) is -1.02. The van der Waals surface area contributed by atoms with Crippen LogP contribution in [0.3, 0.4) is 0 Å². The summed E-state index contributed by atoms with van der Waals surface area (Å²) in [6.07, 6.45) is 0. The van der Waals surface area contributed by atoms with Crippen molar-refractivity contribution in [3.8, 4) is 0 Å². The number of hydrogen-bond donors (Lipinski definition) is 1. The summed E-state index contributed by atoms with van der Waals surface area (Å²) in [6, 6.07) is 17.8. The predicted octanol–water partition coefficient (Wildman–Crippen LogP) is 5.01. The molecule has 0 aromatic heterocycles. The van der Waals surface area contributed by atoms with Crippen LogP contribution in [0.5, 0.6) is 0 Å². The van der Waals surface area contributed by atoms with Crippen LogP contribution in [0.25, 0.3) is 0 Å². The van der Waals surface area contributed by atoms with Gasteiger partial charge in [0, 0.05) is 28.7 Å². The molecule has 3 aromatic carbocycles. The monoisotopic (exact) mass is 567 g/mol. The van der Waals surface area contributed by atoms with Gasteiger partial charge in [-0.3, -0.25) is 13.9 Å². The second-order valence-electron chi connectivity index (χ2n) is 7.85. The number of anilines is 1. The number of carbonyl (C=O) groups is 2. The van der Waals surface area contributed by atoms with Gasteiger partial charge < -0.3 is 10.2 Å². The third-order valence-electron chi connectivity index (χ3n) is 5.49. The van der Waals surface area contributed by atoms with Gasteiger partial charge in [-0.05, 0) is 61.0 Å². The lowest BCUT2D eigenvalue weighted by Gasteiger charge is -2.32. The molecule has 2 amide bonds. The molecule has 0 bridgehead atoms. The summed E-state index contributed by atoms with van der Waals surface area (Å²) in [7, 11) is -2.68. The zero-order valence-corrected chi connectivity index (χ0v) is 22.6. The third-order valence-corrected chi connectivity index (χ3v) is 8.12. The molecular weight excluding hydrogens is 545 g/mol. The Morgan fingerprint density at radius 3 is 2.11 bits per heavy atom. The molecular formula is C25H24Cl3N3O4S. The lowest BCUT2D eigenvalue weighted by molar-refractivity contribution is -0.139. The molecule has 1 atom stereocenters. The summed E-state index contributed by atoms with van der Waals surface area (Å²) in [6.45, 7) is 0.952. The first-order valence-corrected chi connectivity index (χ1v) is 13.4. The van der Waals surface area contributed by atoms with Crippen LogP contribution in [0.1, 0.15) is 12.5 Å². The van der Waals surface area contributed by atoms with Crippen molar-refractivity contribution < 1.29 is 18.0 Å². The summed E-state index contributed by atoms with van der Waals surface area (Å²) in [5.41, 5.74) is 0.794. The van der Waals surface area contributed by atoms with E-state index in [1.54, 1.807) is 37.3 Å². The molecule has 0 fully saturated rings. The third kappa shape index (κ3) is 6.50. The lowest BCUT2D eigenvalue weighted by Crippen LogP contribution is -2.50. The van der Waals surface area contributed by atoms with Gasteiger partial charge in [-0.15, -0.1) is 0 Å². The number of rotatable bonds is 9.